The van der Waals surface area contributed by atoms with E-state index < -0.39 is 12.0 Å². The predicted octanol–water partition coefficient (Wildman–Crippen LogP) is 2.53. The lowest BCUT2D eigenvalue weighted by atomic mass is 9.89. The Kier molecular flexibility index (Phi) is 6.14. The normalized spacial score (nSPS) is 13.4. The first-order valence-electron chi connectivity index (χ1n) is 7.15. The molecule has 24 heavy (non-hydrogen) atoms. The minimum atomic E-state index is -1.03. The number of aliphatic hydroxyl groups is 2. The Morgan fingerprint density at radius 1 is 1.00 bits per heavy atom. The molecule has 7 heteroatoms. The summed E-state index contributed by atoms with van der Waals surface area (Å²) in [7, 11) is 2.85. The summed E-state index contributed by atoms with van der Waals surface area (Å²) in [5, 5.41) is 40.0. The molecular weight excluding hydrogens is 427 g/mol. The molecule has 4 N–H and O–H groups in total. The molecule has 2 rings (SSSR count). The van der Waals surface area contributed by atoms with Gasteiger partial charge in [-0.3, -0.25) is 0 Å². The summed E-state index contributed by atoms with van der Waals surface area (Å²) in [6.45, 7) is -0.311. The maximum absolute atomic E-state index is 10.7. The molecule has 2 aromatic rings. The molecule has 0 aliphatic rings. The number of methoxy groups -OCH3 is 2. The number of hydrogen-bond acceptors (Lipinski definition) is 6. The summed E-state index contributed by atoms with van der Waals surface area (Å²) in [5.74, 6) is -0.150. The molecule has 0 saturated heterocycles. The molecule has 2 atom stereocenters. The maximum atomic E-state index is 10.7. The zero-order chi connectivity index (χ0) is 17.9. The second kappa shape index (κ2) is 7.91. The van der Waals surface area contributed by atoms with Gasteiger partial charge in [0.05, 0.1) is 30.5 Å². The first-order chi connectivity index (χ1) is 11.4. The number of aromatic hydroxyl groups is 2. The van der Waals surface area contributed by atoms with E-state index in [4.69, 9.17) is 9.47 Å². The zero-order valence-electron chi connectivity index (χ0n) is 13.2. The molecule has 0 amide bonds. The highest BCUT2D eigenvalue weighted by molar-refractivity contribution is 14.1. The Morgan fingerprint density at radius 3 is 2.21 bits per heavy atom. The van der Waals surface area contributed by atoms with Gasteiger partial charge >= 0.3 is 0 Å². The van der Waals surface area contributed by atoms with E-state index in [9.17, 15) is 20.4 Å². The number of hydrogen-bond donors (Lipinski definition) is 4. The van der Waals surface area contributed by atoms with Crippen molar-refractivity contribution in [3.63, 3.8) is 0 Å². The van der Waals surface area contributed by atoms with Crippen molar-refractivity contribution in [1.29, 1.82) is 0 Å². The molecule has 0 saturated carbocycles. The Balaban J connectivity index is 2.42. The molecule has 2 aromatic carbocycles. The molecule has 0 aromatic heterocycles. The second-order valence-corrected chi connectivity index (χ2v) is 6.38. The van der Waals surface area contributed by atoms with Gasteiger partial charge in [0.1, 0.15) is 0 Å². The molecule has 0 radical (unpaired) electrons. The fourth-order valence-electron chi connectivity index (χ4n) is 2.46. The van der Waals surface area contributed by atoms with Crippen LogP contribution in [0.3, 0.4) is 0 Å². The topological polar surface area (TPSA) is 99.4 Å². The number of ether oxygens (including phenoxy) is 2. The smallest absolute Gasteiger partial charge is 0.171 e. The molecular formula is C17H19IO6. The van der Waals surface area contributed by atoms with Gasteiger partial charge in [0.25, 0.3) is 0 Å². The van der Waals surface area contributed by atoms with Crippen molar-refractivity contribution in [2.24, 2.45) is 0 Å². The maximum Gasteiger partial charge on any atom is 0.171 e. The first-order valence-corrected chi connectivity index (χ1v) is 8.23. The van der Waals surface area contributed by atoms with E-state index in [1.54, 1.807) is 18.2 Å². The molecule has 0 fully saturated rings. The summed E-state index contributed by atoms with van der Waals surface area (Å²) in [5.41, 5.74) is 1.11. The SMILES string of the molecule is COc1cc(C(O)C(CO)c2cc(I)c(O)c(OC)c2)ccc1O. The van der Waals surface area contributed by atoms with Crippen LogP contribution in [-0.4, -0.2) is 41.3 Å². The van der Waals surface area contributed by atoms with Crippen LogP contribution in [0.4, 0.5) is 0 Å². The van der Waals surface area contributed by atoms with Crippen molar-refractivity contribution in [1.82, 2.24) is 0 Å². The van der Waals surface area contributed by atoms with Crippen LogP contribution in [0.2, 0.25) is 0 Å². The van der Waals surface area contributed by atoms with Gasteiger partial charge < -0.3 is 29.9 Å². The summed E-state index contributed by atoms with van der Waals surface area (Å²) < 4.78 is 10.7. The lowest BCUT2D eigenvalue weighted by Crippen LogP contribution is -2.15. The fourth-order valence-corrected chi connectivity index (χ4v) is 3.09. The zero-order valence-corrected chi connectivity index (χ0v) is 15.4. The van der Waals surface area contributed by atoms with Gasteiger partial charge in [0, 0.05) is 5.92 Å². The van der Waals surface area contributed by atoms with Crippen LogP contribution in [0.5, 0.6) is 23.0 Å². The Morgan fingerprint density at radius 2 is 1.62 bits per heavy atom. The lowest BCUT2D eigenvalue weighted by Gasteiger charge is -2.23. The van der Waals surface area contributed by atoms with Crippen LogP contribution in [-0.2, 0) is 0 Å². The third kappa shape index (κ3) is 3.68. The van der Waals surface area contributed by atoms with Crippen molar-refractivity contribution in [2.45, 2.75) is 12.0 Å². The average Bonchev–Trinajstić information content (AvgIpc) is 2.58. The third-order valence-corrected chi connectivity index (χ3v) is 4.64. The van der Waals surface area contributed by atoms with Crippen molar-refractivity contribution in [2.75, 3.05) is 20.8 Å². The summed E-state index contributed by atoms with van der Waals surface area (Å²) in [6, 6.07) is 7.77. The van der Waals surface area contributed by atoms with Gasteiger partial charge in [-0.15, -0.1) is 0 Å². The average molecular weight is 446 g/mol. The van der Waals surface area contributed by atoms with Crippen LogP contribution in [0.25, 0.3) is 0 Å². The first kappa shape index (κ1) is 18.6. The Labute approximate surface area is 153 Å². The minimum absolute atomic E-state index is 0.0133. The van der Waals surface area contributed by atoms with Gasteiger partial charge in [-0.05, 0) is 58.0 Å². The van der Waals surface area contributed by atoms with Crippen molar-refractivity contribution in [3.05, 3.63) is 45.0 Å². The summed E-state index contributed by atoms with van der Waals surface area (Å²) >= 11 is 1.96. The molecule has 0 heterocycles. The van der Waals surface area contributed by atoms with E-state index in [0.29, 0.717) is 14.7 Å². The number of aliphatic hydroxyl groups excluding tert-OH is 2. The van der Waals surface area contributed by atoms with E-state index in [0.717, 1.165) is 0 Å². The van der Waals surface area contributed by atoms with Gasteiger partial charge in [-0.25, -0.2) is 0 Å². The van der Waals surface area contributed by atoms with Crippen LogP contribution in [0.1, 0.15) is 23.1 Å². The van der Waals surface area contributed by atoms with Gasteiger partial charge in [0.15, 0.2) is 23.0 Å². The Bertz CT molecular complexity index is 718. The van der Waals surface area contributed by atoms with E-state index in [-0.39, 0.29) is 29.6 Å². The van der Waals surface area contributed by atoms with Crippen LogP contribution >= 0.6 is 22.6 Å². The molecule has 0 spiro atoms. The highest BCUT2D eigenvalue weighted by Crippen LogP contribution is 2.39. The molecule has 0 aliphatic carbocycles. The van der Waals surface area contributed by atoms with Crippen molar-refractivity contribution < 1.29 is 29.9 Å². The number of benzene rings is 2. The third-order valence-electron chi connectivity index (χ3n) is 3.82. The molecule has 2 unspecified atom stereocenters. The summed E-state index contributed by atoms with van der Waals surface area (Å²) in [4.78, 5) is 0. The fraction of sp³-hybridized carbons (Fsp3) is 0.294. The standard InChI is InChI=1S/C17H19IO6/c1-23-14-6-9(3-4-13(14)20)16(21)11(8-19)10-5-12(18)17(22)15(7-10)24-2/h3-7,11,16,19-22H,8H2,1-2H3. The Hall–Kier alpha value is -1.71. The van der Waals surface area contributed by atoms with Crippen molar-refractivity contribution in [3.8, 4) is 23.0 Å². The molecule has 6 nitrogen and oxygen atoms in total. The molecule has 0 bridgehead atoms. The summed E-state index contributed by atoms with van der Waals surface area (Å²) in [6.07, 6.45) is -1.03. The highest BCUT2D eigenvalue weighted by Gasteiger charge is 2.25. The van der Waals surface area contributed by atoms with Gasteiger partial charge in [-0.1, -0.05) is 6.07 Å². The molecule has 130 valence electrons. The van der Waals surface area contributed by atoms with Crippen molar-refractivity contribution >= 4 is 22.6 Å². The second-order valence-electron chi connectivity index (χ2n) is 5.22. The predicted molar refractivity (Wildman–Crippen MR) is 96.8 cm³/mol. The van der Waals surface area contributed by atoms with Gasteiger partial charge in [0.2, 0.25) is 0 Å². The number of rotatable bonds is 6. The van der Waals surface area contributed by atoms with Crippen LogP contribution in [0.15, 0.2) is 30.3 Å². The minimum Gasteiger partial charge on any atom is -0.504 e. The van der Waals surface area contributed by atoms with Gasteiger partial charge in [-0.2, -0.15) is 0 Å². The van der Waals surface area contributed by atoms with Crippen LogP contribution < -0.4 is 9.47 Å². The lowest BCUT2D eigenvalue weighted by molar-refractivity contribution is 0.106. The van der Waals surface area contributed by atoms with E-state index >= 15 is 0 Å². The van der Waals surface area contributed by atoms with E-state index in [2.05, 4.69) is 0 Å². The molecule has 0 aliphatic heterocycles. The highest BCUT2D eigenvalue weighted by atomic mass is 127. The quantitative estimate of drug-likeness (QED) is 0.510. The number of halogens is 1. The number of phenols is 2. The largest absolute Gasteiger partial charge is 0.504 e. The van der Waals surface area contributed by atoms with Crippen LogP contribution in [0, 0.1) is 3.57 Å². The monoisotopic (exact) mass is 446 g/mol. The van der Waals surface area contributed by atoms with E-state index in [1.165, 1.54) is 26.4 Å². The van der Waals surface area contributed by atoms with E-state index in [1.807, 2.05) is 22.6 Å². The number of phenolic OH excluding ortho intramolecular Hbond substituents is 2.